The zero-order valence-electron chi connectivity index (χ0n) is 16.2. The molecule has 30 heavy (non-hydrogen) atoms. The lowest BCUT2D eigenvalue weighted by Crippen LogP contribution is -2.05. The standard InChI is InChI=1S/C21H19N5O2S2/c1-28-20(27)14-6-3-2-5-12(14)11-29-21-25-24-18(26(21)13-8-9-13)17-16(22)15-7-4-10-23-19(15)30-17/h2-7,10,13H,8-9,11,22H2,1H3. The number of nitrogens with zero attached hydrogens (tertiary/aromatic N) is 4. The first-order valence-corrected chi connectivity index (χ1v) is 11.3. The predicted molar refractivity (Wildman–Crippen MR) is 119 cm³/mol. The number of aromatic nitrogens is 4. The number of ether oxygens (including phenoxy) is 1. The van der Waals surface area contributed by atoms with Crippen LogP contribution in [-0.4, -0.2) is 32.8 Å². The third-order valence-electron chi connectivity index (χ3n) is 5.06. The number of carbonyl (C=O) groups excluding carboxylic acids is 1. The molecular weight excluding hydrogens is 418 g/mol. The van der Waals surface area contributed by atoms with Gasteiger partial charge in [0, 0.05) is 23.4 Å². The molecule has 7 nitrogen and oxygen atoms in total. The molecule has 9 heteroatoms. The van der Waals surface area contributed by atoms with Crippen LogP contribution in [0.3, 0.4) is 0 Å². The number of benzene rings is 1. The molecule has 0 unspecified atom stereocenters. The molecule has 0 amide bonds. The van der Waals surface area contributed by atoms with Crippen molar-refractivity contribution in [1.82, 2.24) is 19.7 Å². The molecule has 4 aromatic rings. The van der Waals surface area contributed by atoms with Gasteiger partial charge in [-0.2, -0.15) is 0 Å². The number of anilines is 1. The number of hydrogen-bond acceptors (Lipinski definition) is 8. The van der Waals surface area contributed by atoms with E-state index in [1.54, 1.807) is 35.4 Å². The Kier molecular flexibility index (Phi) is 4.92. The minimum atomic E-state index is -0.332. The Morgan fingerprint density at radius 3 is 2.87 bits per heavy atom. The van der Waals surface area contributed by atoms with Gasteiger partial charge in [0.1, 0.15) is 4.83 Å². The van der Waals surface area contributed by atoms with Crippen molar-refractivity contribution in [3.05, 3.63) is 53.7 Å². The van der Waals surface area contributed by atoms with Crippen LogP contribution in [0.15, 0.2) is 47.8 Å². The van der Waals surface area contributed by atoms with Gasteiger partial charge in [0.15, 0.2) is 11.0 Å². The van der Waals surface area contributed by atoms with Crippen molar-refractivity contribution in [1.29, 1.82) is 0 Å². The fourth-order valence-corrected chi connectivity index (χ4v) is 5.46. The summed E-state index contributed by atoms with van der Waals surface area (Å²) in [6, 6.07) is 11.7. The van der Waals surface area contributed by atoms with Crippen molar-refractivity contribution in [2.45, 2.75) is 29.8 Å². The van der Waals surface area contributed by atoms with Crippen LogP contribution in [0.2, 0.25) is 0 Å². The lowest BCUT2D eigenvalue weighted by atomic mass is 10.1. The molecular formula is C21H19N5O2S2. The number of hydrogen-bond donors (Lipinski definition) is 1. The monoisotopic (exact) mass is 437 g/mol. The third kappa shape index (κ3) is 3.33. The smallest absolute Gasteiger partial charge is 0.338 e. The Balaban J connectivity index is 1.49. The minimum Gasteiger partial charge on any atom is -0.465 e. The molecule has 5 rings (SSSR count). The second kappa shape index (κ2) is 7.73. The van der Waals surface area contributed by atoms with Gasteiger partial charge in [-0.3, -0.25) is 4.57 Å². The Morgan fingerprint density at radius 1 is 1.27 bits per heavy atom. The Morgan fingerprint density at radius 2 is 2.10 bits per heavy atom. The second-order valence-electron chi connectivity index (χ2n) is 7.05. The number of thioether (sulfide) groups is 1. The van der Waals surface area contributed by atoms with Crippen LogP contribution in [-0.2, 0) is 10.5 Å². The summed E-state index contributed by atoms with van der Waals surface area (Å²) in [5.74, 6) is 1.06. The van der Waals surface area contributed by atoms with Crippen molar-refractivity contribution in [3.63, 3.8) is 0 Å². The molecule has 1 aliphatic rings. The van der Waals surface area contributed by atoms with Gasteiger partial charge in [-0.1, -0.05) is 30.0 Å². The van der Waals surface area contributed by atoms with Gasteiger partial charge < -0.3 is 10.5 Å². The first-order chi connectivity index (χ1) is 14.7. The van der Waals surface area contributed by atoms with Gasteiger partial charge in [0.05, 0.1) is 23.2 Å². The molecule has 152 valence electrons. The first-order valence-electron chi connectivity index (χ1n) is 9.54. The zero-order valence-corrected chi connectivity index (χ0v) is 17.9. The highest BCUT2D eigenvalue weighted by Gasteiger charge is 2.32. The van der Waals surface area contributed by atoms with Crippen molar-refractivity contribution >= 4 is 45.0 Å². The van der Waals surface area contributed by atoms with E-state index in [0.717, 1.165) is 44.5 Å². The van der Waals surface area contributed by atoms with Crippen LogP contribution >= 0.6 is 23.1 Å². The van der Waals surface area contributed by atoms with Crippen LogP contribution in [0.1, 0.15) is 34.8 Å². The molecule has 1 saturated carbocycles. The lowest BCUT2D eigenvalue weighted by molar-refractivity contribution is 0.0600. The van der Waals surface area contributed by atoms with E-state index in [2.05, 4.69) is 19.7 Å². The fourth-order valence-electron chi connectivity index (χ4n) is 3.41. The maximum atomic E-state index is 12.1. The van der Waals surface area contributed by atoms with Crippen LogP contribution in [0.25, 0.3) is 20.9 Å². The summed E-state index contributed by atoms with van der Waals surface area (Å²) in [5.41, 5.74) is 8.62. The van der Waals surface area contributed by atoms with Gasteiger partial charge >= 0.3 is 5.97 Å². The summed E-state index contributed by atoms with van der Waals surface area (Å²) in [5, 5.41) is 10.7. The van der Waals surface area contributed by atoms with E-state index in [4.69, 9.17) is 10.5 Å². The first kappa shape index (κ1) is 19.1. The van der Waals surface area contributed by atoms with E-state index in [1.807, 2.05) is 30.3 Å². The van der Waals surface area contributed by atoms with Crippen molar-refractivity contribution < 1.29 is 9.53 Å². The summed E-state index contributed by atoms with van der Waals surface area (Å²) in [6.07, 6.45) is 3.97. The molecule has 0 aliphatic heterocycles. The molecule has 0 atom stereocenters. The number of nitrogens with two attached hydrogens (primary N) is 1. The number of pyridine rings is 1. The minimum absolute atomic E-state index is 0.332. The van der Waals surface area contributed by atoms with Gasteiger partial charge in [0.2, 0.25) is 0 Å². The van der Waals surface area contributed by atoms with E-state index in [-0.39, 0.29) is 5.97 Å². The molecule has 0 saturated heterocycles. The normalized spacial score (nSPS) is 13.6. The highest BCUT2D eigenvalue weighted by molar-refractivity contribution is 7.98. The summed E-state index contributed by atoms with van der Waals surface area (Å²) in [4.78, 5) is 18.3. The second-order valence-corrected chi connectivity index (χ2v) is 8.99. The molecule has 3 heterocycles. The van der Waals surface area contributed by atoms with Crippen LogP contribution in [0.4, 0.5) is 5.69 Å². The summed E-state index contributed by atoms with van der Waals surface area (Å²) in [7, 11) is 1.40. The van der Waals surface area contributed by atoms with Crippen molar-refractivity contribution in [3.8, 4) is 10.7 Å². The fraction of sp³-hybridized carbons (Fsp3) is 0.238. The van der Waals surface area contributed by atoms with E-state index >= 15 is 0 Å². The molecule has 0 bridgehead atoms. The van der Waals surface area contributed by atoms with E-state index in [0.29, 0.717) is 23.0 Å². The Hall–Kier alpha value is -2.91. The van der Waals surface area contributed by atoms with Crippen LogP contribution in [0.5, 0.6) is 0 Å². The number of esters is 1. The highest BCUT2D eigenvalue weighted by Crippen LogP contribution is 2.45. The quantitative estimate of drug-likeness (QED) is 0.349. The van der Waals surface area contributed by atoms with Gasteiger partial charge in [-0.05, 0) is 36.6 Å². The zero-order chi connectivity index (χ0) is 20.7. The van der Waals surface area contributed by atoms with Gasteiger partial charge in [-0.15, -0.1) is 21.5 Å². The summed E-state index contributed by atoms with van der Waals surface area (Å²) in [6.45, 7) is 0. The predicted octanol–water partition coefficient (Wildman–Crippen LogP) is 4.55. The number of thiophene rings is 1. The van der Waals surface area contributed by atoms with E-state index < -0.39 is 0 Å². The van der Waals surface area contributed by atoms with Gasteiger partial charge in [-0.25, -0.2) is 9.78 Å². The molecule has 0 radical (unpaired) electrons. The maximum absolute atomic E-state index is 12.1. The van der Waals surface area contributed by atoms with Crippen LogP contribution in [0, 0.1) is 0 Å². The molecule has 1 fully saturated rings. The average molecular weight is 438 g/mol. The van der Waals surface area contributed by atoms with E-state index in [1.165, 1.54) is 7.11 Å². The van der Waals surface area contributed by atoms with Crippen LogP contribution < -0.4 is 5.73 Å². The topological polar surface area (TPSA) is 95.9 Å². The molecule has 2 N–H and O–H groups in total. The third-order valence-corrected chi connectivity index (χ3v) is 7.18. The Bertz CT molecular complexity index is 1250. The number of nitrogen functional groups attached to an aromatic ring is 1. The largest absolute Gasteiger partial charge is 0.465 e. The molecule has 1 aliphatic carbocycles. The number of rotatable bonds is 6. The molecule has 1 aromatic carbocycles. The highest BCUT2D eigenvalue weighted by atomic mass is 32.2. The number of fused-ring (bicyclic) bond motifs is 1. The molecule has 3 aromatic heterocycles. The Labute approximate surface area is 181 Å². The lowest BCUT2D eigenvalue weighted by Gasteiger charge is -2.10. The van der Waals surface area contributed by atoms with E-state index in [9.17, 15) is 4.79 Å². The van der Waals surface area contributed by atoms with Crippen molar-refractivity contribution in [2.24, 2.45) is 0 Å². The summed E-state index contributed by atoms with van der Waals surface area (Å²) >= 11 is 3.11. The molecule has 0 spiro atoms. The average Bonchev–Trinajstić information content (AvgIpc) is 3.45. The van der Waals surface area contributed by atoms with Crippen molar-refractivity contribution in [2.75, 3.05) is 12.8 Å². The SMILES string of the molecule is COC(=O)c1ccccc1CSc1nnc(-c2sc3ncccc3c2N)n1C1CC1. The number of methoxy groups -OCH3 is 1. The summed E-state index contributed by atoms with van der Waals surface area (Å²) < 4.78 is 7.09. The van der Waals surface area contributed by atoms with Gasteiger partial charge in [0.25, 0.3) is 0 Å². The number of carbonyl (C=O) groups is 1. The maximum Gasteiger partial charge on any atom is 0.338 e.